The smallest absolute Gasteiger partial charge is 0.325 e. The van der Waals surface area contributed by atoms with Gasteiger partial charge in [-0.1, -0.05) is 50.2 Å². The Kier molecular flexibility index (Phi) is 7.25. The second-order valence-electron chi connectivity index (χ2n) is 7.96. The zero-order valence-electron chi connectivity index (χ0n) is 18.7. The molecule has 0 bridgehead atoms. The molecule has 0 radical (unpaired) electrons. The van der Waals surface area contributed by atoms with Crippen LogP contribution >= 0.6 is 0 Å². The van der Waals surface area contributed by atoms with Crippen LogP contribution in [0.25, 0.3) is 0 Å². The Morgan fingerprint density at radius 3 is 2.31 bits per heavy atom. The highest BCUT2D eigenvalue weighted by atomic mass is 19.1. The van der Waals surface area contributed by atoms with Crippen LogP contribution in [0.3, 0.4) is 0 Å². The van der Waals surface area contributed by atoms with E-state index in [4.69, 9.17) is 0 Å². The van der Waals surface area contributed by atoms with Crippen LogP contribution in [0.4, 0.5) is 9.18 Å². The van der Waals surface area contributed by atoms with E-state index in [1.54, 1.807) is 6.92 Å². The Bertz CT molecular complexity index is 991. The lowest BCUT2D eigenvalue weighted by molar-refractivity contribution is -0.134. The maximum Gasteiger partial charge on any atom is 0.325 e. The summed E-state index contributed by atoms with van der Waals surface area (Å²) in [6.07, 6.45) is 0. The summed E-state index contributed by atoms with van der Waals surface area (Å²) in [4.78, 5) is 41.1. The molecule has 0 saturated carbocycles. The number of carbonyl (C=O) groups excluding carboxylic acids is 3. The molecular formula is C24H29FN4O3. The van der Waals surface area contributed by atoms with Crippen LogP contribution in [0, 0.1) is 5.82 Å². The van der Waals surface area contributed by atoms with E-state index < -0.39 is 29.2 Å². The molecule has 7 nitrogen and oxygen atoms in total. The molecule has 1 aliphatic heterocycles. The van der Waals surface area contributed by atoms with E-state index in [9.17, 15) is 18.8 Å². The standard InChI is InChI=1S/C24H29FN4O3/c1-4-28(5-2)15-18-9-7-6-8-17(18)14-26-21(30)16-29-22(31)24(3,27-23(29)32)19-10-12-20(25)13-11-19/h6-13H,4-5,14-16H2,1-3H3,(H,26,30)(H,27,32)/t24-/m0/s1. The topological polar surface area (TPSA) is 81.8 Å². The monoisotopic (exact) mass is 440 g/mol. The van der Waals surface area contributed by atoms with Gasteiger partial charge in [-0.2, -0.15) is 0 Å². The van der Waals surface area contributed by atoms with E-state index in [1.165, 1.54) is 24.3 Å². The Morgan fingerprint density at radius 1 is 1.06 bits per heavy atom. The number of halogens is 1. The summed E-state index contributed by atoms with van der Waals surface area (Å²) in [5.74, 6) is -1.42. The molecule has 0 aromatic heterocycles. The molecular weight excluding hydrogens is 411 g/mol. The molecule has 32 heavy (non-hydrogen) atoms. The number of amides is 4. The summed E-state index contributed by atoms with van der Waals surface area (Å²) < 4.78 is 13.2. The molecule has 0 unspecified atom stereocenters. The first-order chi connectivity index (χ1) is 15.3. The maximum absolute atomic E-state index is 13.2. The van der Waals surface area contributed by atoms with E-state index in [-0.39, 0.29) is 6.54 Å². The number of nitrogens with zero attached hydrogens (tertiary/aromatic N) is 2. The van der Waals surface area contributed by atoms with E-state index in [0.717, 1.165) is 35.7 Å². The molecule has 2 aromatic rings. The predicted octanol–water partition coefficient (Wildman–Crippen LogP) is 2.75. The summed E-state index contributed by atoms with van der Waals surface area (Å²) in [6, 6.07) is 12.6. The van der Waals surface area contributed by atoms with Gasteiger partial charge in [-0.15, -0.1) is 0 Å². The van der Waals surface area contributed by atoms with Crippen molar-refractivity contribution in [1.82, 2.24) is 20.4 Å². The number of nitrogens with one attached hydrogen (secondary N) is 2. The highest BCUT2D eigenvalue weighted by Gasteiger charge is 2.49. The van der Waals surface area contributed by atoms with Crippen LogP contribution in [0.5, 0.6) is 0 Å². The maximum atomic E-state index is 13.2. The van der Waals surface area contributed by atoms with Gasteiger partial charge in [0.05, 0.1) is 0 Å². The van der Waals surface area contributed by atoms with Crippen molar-refractivity contribution in [2.75, 3.05) is 19.6 Å². The minimum atomic E-state index is -1.35. The molecule has 2 aromatic carbocycles. The molecule has 0 aliphatic carbocycles. The highest BCUT2D eigenvalue weighted by Crippen LogP contribution is 2.28. The van der Waals surface area contributed by atoms with E-state index in [2.05, 4.69) is 29.4 Å². The second kappa shape index (κ2) is 9.91. The lowest BCUT2D eigenvalue weighted by atomic mass is 9.92. The first kappa shape index (κ1) is 23.4. The average Bonchev–Trinajstić information content (AvgIpc) is 3.00. The van der Waals surface area contributed by atoms with Crippen LogP contribution in [0.15, 0.2) is 48.5 Å². The molecule has 8 heteroatoms. The molecule has 3 rings (SSSR count). The quantitative estimate of drug-likeness (QED) is 0.588. The van der Waals surface area contributed by atoms with Crippen molar-refractivity contribution < 1.29 is 18.8 Å². The number of urea groups is 1. The van der Waals surface area contributed by atoms with Crippen molar-refractivity contribution in [2.45, 2.75) is 39.4 Å². The van der Waals surface area contributed by atoms with Gasteiger partial charge in [-0.25, -0.2) is 9.18 Å². The fourth-order valence-corrected chi connectivity index (χ4v) is 3.79. The van der Waals surface area contributed by atoms with E-state index >= 15 is 0 Å². The van der Waals surface area contributed by atoms with Gasteiger partial charge in [-0.05, 0) is 48.8 Å². The molecule has 4 amide bonds. The summed E-state index contributed by atoms with van der Waals surface area (Å²) >= 11 is 0. The Labute approximate surface area is 187 Å². The van der Waals surface area contributed by atoms with Gasteiger partial charge in [0.15, 0.2) is 0 Å². The zero-order valence-corrected chi connectivity index (χ0v) is 18.7. The Morgan fingerprint density at radius 2 is 1.69 bits per heavy atom. The zero-order chi connectivity index (χ0) is 23.3. The van der Waals surface area contributed by atoms with Gasteiger partial charge in [0.2, 0.25) is 5.91 Å². The number of benzene rings is 2. The number of carbonyl (C=O) groups is 3. The summed E-state index contributed by atoms with van der Waals surface area (Å²) in [7, 11) is 0. The third-order valence-electron chi connectivity index (χ3n) is 5.88. The molecule has 1 aliphatic rings. The first-order valence-electron chi connectivity index (χ1n) is 10.7. The first-order valence-corrected chi connectivity index (χ1v) is 10.7. The fourth-order valence-electron chi connectivity index (χ4n) is 3.79. The number of imide groups is 1. The predicted molar refractivity (Wildman–Crippen MR) is 119 cm³/mol. The van der Waals surface area contributed by atoms with Crippen LogP contribution < -0.4 is 10.6 Å². The van der Waals surface area contributed by atoms with Crippen molar-refractivity contribution in [1.29, 1.82) is 0 Å². The fraction of sp³-hybridized carbons (Fsp3) is 0.375. The molecule has 1 saturated heterocycles. The van der Waals surface area contributed by atoms with Crippen LogP contribution in [0.1, 0.15) is 37.5 Å². The highest BCUT2D eigenvalue weighted by molar-refractivity contribution is 6.09. The third kappa shape index (κ3) is 4.96. The number of hydrogen-bond donors (Lipinski definition) is 2. The van der Waals surface area contributed by atoms with Crippen molar-refractivity contribution in [3.63, 3.8) is 0 Å². The third-order valence-corrected chi connectivity index (χ3v) is 5.88. The normalized spacial score (nSPS) is 18.2. The molecule has 1 heterocycles. The van der Waals surface area contributed by atoms with Gasteiger partial charge < -0.3 is 10.6 Å². The van der Waals surface area contributed by atoms with Gasteiger partial charge in [0.25, 0.3) is 5.91 Å². The largest absolute Gasteiger partial charge is 0.350 e. The Hall–Kier alpha value is -3.26. The van der Waals surface area contributed by atoms with E-state index in [0.29, 0.717) is 12.1 Å². The van der Waals surface area contributed by atoms with Gasteiger partial charge in [-0.3, -0.25) is 19.4 Å². The van der Waals surface area contributed by atoms with Crippen LogP contribution in [-0.4, -0.2) is 47.3 Å². The van der Waals surface area contributed by atoms with E-state index in [1.807, 2.05) is 24.3 Å². The van der Waals surface area contributed by atoms with Crippen molar-refractivity contribution >= 4 is 17.8 Å². The molecule has 0 spiro atoms. The molecule has 2 N–H and O–H groups in total. The second-order valence-corrected chi connectivity index (χ2v) is 7.96. The van der Waals surface area contributed by atoms with Gasteiger partial charge >= 0.3 is 6.03 Å². The SMILES string of the molecule is CCN(CC)Cc1ccccc1CNC(=O)CN1C(=O)N[C@@](C)(c2ccc(F)cc2)C1=O. The lowest BCUT2D eigenvalue weighted by Gasteiger charge is -2.22. The van der Waals surface area contributed by atoms with Gasteiger partial charge in [0, 0.05) is 13.1 Å². The molecule has 170 valence electrons. The summed E-state index contributed by atoms with van der Waals surface area (Å²) in [6.45, 7) is 8.29. The minimum absolute atomic E-state index is 0.301. The number of rotatable bonds is 9. The summed E-state index contributed by atoms with van der Waals surface area (Å²) in [5.41, 5.74) is 1.21. The van der Waals surface area contributed by atoms with Crippen molar-refractivity contribution in [3.8, 4) is 0 Å². The van der Waals surface area contributed by atoms with Crippen molar-refractivity contribution in [3.05, 3.63) is 71.0 Å². The van der Waals surface area contributed by atoms with Crippen LogP contribution in [0.2, 0.25) is 0 Å². The molecule has 1 fully saturated rings. The summed E-state index contributed by atoms with van der Waals surface area (Å²) in [5, 5.41) is 5.43. The van der Waals surface area contributed by atoms with Crippen LogP contribution in [-0.2, 0) is 28.2 Å². The minimum Gasteiger partial charge on any atom is -0.350 e. The van der Waals surface area contributed by atoms with Crippen molar-refractivity contribution in [2.24, 2.45) is 0 Å². The average molecular weight is 441 g/mol. The molecule has 1 atom stereocenters. The number of hydrogen-bond acceptors (Lipinski definition) is 4. The lowest BCUT2D eigenvalue weighted by Crippen LogP contribution is -2.43. The Balaban J connectivity index is 1.64. The van der Waals surface area contributed by atoms with Gasteiger partial charge in [0.1, 0.15) is 17.9 Å².